The van der Waals surface area contributed by atoms with Crippen molar-refractivity contribution in [3.05, 3.63) is 70.1 Å². The van der Waals surface area contributed by atoms with Gasteiger partial charge in [-0.15, -0.1) is 0 Å². The fourth-order valence-corrected chi connectivity index (χ4v) is 4.58. The Morgan fingerprint density at radius 3 is 1.00 bits per heavy atom. The molecule has 0 bridgehead atoms. The Labute approximate surface area is 267 Å². The van der Waals surface area contributed by atoms with Crippen LogP contribution in [0.15, 0.2) is 47.8 Å². The van der Waals surface area contributed by atoms with Crippen LogP contribution >= 0.6 is 0 Å². The van der Waals surface area contributed by atoms with Gasteiger partial charge in [-0.2, -0.15) is 0 Å². The van der Waals surface area contributed by atoms with Crippen LogP contribution in [0.4, 0.5) is 11.4 Å². The van der Waals surface area contributed by atoms with Crippen LogP contribution in [0.1, 0.15) is 133 Å². The number of carbonyl (C=O) groups excluding carboxylic acids is 2. The summed E-state index contributed by atoms with van der Waals surface area (Å²) in [6, 6.07) is 8.07. The van der Waals surface area contributed by atoms with Crippen LogP contribution in [0.5, 0.6) is 11.5 Å². The van der Waals surface area contributed by atoms with Crippen molar-refractivity contribution in [1.29, 1.82) is 0 Å². The Balaban J connectivity index is 0.000000440. The third-order valence-corrected chi connectivity index (χ3v) is 7.07. The summed E-state index contributed by atoms with van der Waals surface area (Å²) in [7, 11) is 0. The van der Waals surface area contributed by atoms with Gasteiger partial charge in [-0.25, -0.2) is 0 Å². The summed E-state index contributed by atoms with van der Waals surface area (Å²) in [4.78, 5) is 22.4. The molecule has 6 heteroatoms. The first-order chi connectivity index (χ1) is 19.6. The lowest BCUT2D eigenvalue weighted by Gasteiger charge is -2.28. The van der Waals surface area contributed by atoms with Crippen molar-refractivity contribution in [2.24, 2.45) is 0 Å². The Morgan fingerprint density at radius 2 is 0.795 bits per heavy atom. The quantitative estimate of drug-likeness (QED) is 0.193. The van der Waals surface area contributed by atoms with Crippen molar-refractivity contribution in [3.63, 3.8) is 0 Å². The van der Waals surface area contributed by atoms with Crippen LogP contribution in [0, 0.1) is 0 Å². The molecule has 2 aromatic rings. The molecule has 2 rings (SSSR count). The van der Waals surface area contributed by atoms with Gasteiger partial charge in [0, 0.05) is 22.5 Å². The molecule has 0 aliphatic heterocycles. The smallest absolute Gasteiger partial charge is 0.154 e. The second kappa shape index (κ2) is 14.0. The number of phenols is 2. The van der Waals surface area contributed by atoms with Gasteiger partial charge in [-0.3, -0.25) is 9.59 Å². The van der Waals surface area contributed by atoms with E-state index in [0.29, 0.717) is 22.8 Å². The van der Waals surface area contributed by atoms with Gasteiger partial charge in [0.1, 0.15) is 11.5 Å². The highest BCUT2D eigenvalue weighted by molar-refractivity contribution is 5.89. The monoisotopic (exact) mass is 606 g/mol. The average Bonchev–Trinajstić information content (AvgIpc) is 2.78. The van der Waals surface area contributed by atoms with Gasteiger partial charge in [0.2, 0.25) is 0 Å². The third-order valence-electron chi connectivity index (χ3n) is 7.07. The maximum Gasteiger partial charge on any atom is 0.154 e. The van der Waals surface area contributed by atoms with Crippen LogP contribution in [0.2, 0.25) is 0 Å². The van der Waals surface area contributed by atoms with Gasteiger partial charge in [-0.05, 0) is 84.8 Å². The Bertz CT molecular complexity index is 1310. The van der Waals surface area contributed by atoms with Crippen LogP contribution in [-0.2, 0) is 31.2 Å². The predicted octanol–water partition coefficient (Wildman–Crippen LogP) is 9.78. The fourth-order valence-electron chi connectivity index (χ4n) is 4.58. The number of ketones is 2. The summed E-state index contributed by atoms with van der Waals surface area (Å²) < 4.78 is 0. The maximum absolute atomic E-state index is 11.2. The van der Waals surface area contributed by atoms with E-state index < -0.39 is 0 Å². The zero-order valence-electron chi connectivity index (χ0n) is 30.2. The van der Waals surface area contributed by atoms with E-state index in [1.807, 2.05) is 26.0 Å². The lowest BCUT2D eigenvalue weighted by Crippen LogP contribution is -2.17. The van der Waals surface area contributed by atoms with E-state index in [0.717, 1.165) is 22.3 Å². The van der Waals surface area contributed by atoms with E-state index in [1.165, 1.54) is 26.0 Å². The first kappa shape index (κ1) is 38.5. The molecule has 0 heterocycles. The molecule has 0 radical (unpaired) electrons. The number of anilines is 2. The van der Waals surface area contributed by atoms with E-state index in [1.54, 1.807) is 0 Å². The zero-order valence-corrected chi connectivity index (χ0v) is 30.2. The number of hydrogen-bond acceptors (Lipinski definition) is 6. The molecule has 0 aliphatic rings. The van der Waals surface area contributed by atoms with Crippen LogP contribution < -0.4 is 10.6 Å². The standard InChI is InChI=1S/2C19H29NO2/c2*1-12(9-13(2)21)20-16-11-14(18(3,4)5)10-15(17(16)22)19(6,7)8/h2*9-11,20,22H,1-8H3/b2*12-9-. The molecule has 4 N–H and O–H groups in total. The summed E-state index contributed by atoms with van der Waals surface area (Å²) in [5.74, 6) is 0.452. The molecule has 2 aromatic carbocycles. The number of benzene rings is 2. The average molecular weight is 607 g/mol. The molecule has 0 amide bonds. The summed E-state index contributed by atoms with van der Waals surface area (Å²) in [5.41, 5.74) is 6.44. The number of aromatic hydroxyl groups is 2. The molecule has 244 valence electrons. The van der Waals surface area contributed by atoms with Crippen molar-refractivity contribution in [3.8, 4) is 11.5 Å². The lowest BCUT2D eigenvalue weighted by molar-refractivity contribution is -0.113. The Hall–Kier alpha value is -3.54. The highest BCUT2D eigenvalue weighted by atomic mass is 16.3. The number of phenolic OH excluding ortho intramolecular Hbond substituents is 2. The van der Waals surface area contributed by atoms with Gasteiger partial charge >= 0.3 is 0 Å². The van der Waals surface area contributed by atoms with Crippen LogP contribution in [-0.4, -0.2) is 21.8 Å². The molecule has 0 atom stereocenters. The highest BCUT2D eigenvalue weighted by Crippen LogP contribution is 2.42. The molecule has 0 saturated heterocycles. The van der Waals surface area contributed by atoms with Crippen LogP contribution in [0.25, 0.3) is 0 Å². The number of rotatable bonds is 6. The molecule has 0 aliphatic carbocycles. The summed E-state index contributed by atoms with van der Waals surface area (Å²) in [5, 5.41) is 27.6. The summed E-state index contributed by atoms with van der Waals surface area (Å²) in [6.45, 7) is 32.0. The van der Waals surface area contributed by atoms with Crippen molar-refractivity contribution >= 4 is 22.9 Å². The van der Waals surface area contributed by atoms with Gasteiger partial charge in [-0.1, -0.05) is 95.2 Å². The minimum Gasteiger partial charge on any atom is -0.505 e. The van der Waals surface area contributed by atoms with Gasteiger partial charge in [0.25, 0.3) is 0 Å². The Morgan fingerprint density at radius 1 is 0.523 bits per heavy atom. The predicted molar refractivity (Wildman–Crippen MR) is 187 cm³/mol. The zero-order chi connectivity index (χ0) is 34.6. The molecule has 0 saturated carbocycles. The van der Waals surface area contributed by atoms with Crippen molar-refractivity contribution < 1.29 is 19.8 Å². The minimum atomic E-state index is -0.167. The molecule has 6 nitrogen and oxygen atoms in total. The topological polar surface area (TPSA) is 98.7 Å². The van der Waals surface area contributed by atoms with Crippen molar-refractivity contribution in [2.45, 2.75) is 132 Å². The molecule has 0 aromatic heterocycles. The normalized spacial score (nSPS) is 13.2. The highest BCUT2D eigenvalue weighted by Gasteiger charge is 2.26. The largest absolute Gasteiger partial charge is 0.505 e. The summed E-state index contributed by atoms with van der Waals surface area (Å²) in [6.07, 6.45) is 3.06. The second-order valence-electron chi connectivity index (χ2n) is 16.0. The van der Waals surface area contributed by atoms with E-state index in [9.17, 15) is 19.8 Å². The van der Waals surface area contributed by atoms with Gasteiger partial charge < -0.3 is 20.8 Å². The molecular weight excluding hydrogens is 548 g/mol. The number of nitrogens with one attached hydrogen (secondary N) is 2. The van der Waals surface area contributed by atoms with Crippen molar-refractivity contribution in [2.75, 3.05) is 10.6 Å². The fraction of sp³-hybridized carbons (Fsp3) is 0.526. The SMILES string of the molecule is CC(=O)/C=C(/C)Nc1cc(C(C)(C)C)cc(C(C)(C)C)c1O.CC(=O)/C=C(/C)Nc1cc(C(C)(C)C)cc(C(C)(C)C)c1O. The van der Waals surface area contributed by atoms with Crippen LogP contribution in [0.3, 0.4) is 0 Å². The summed E-state index contributed by atoms with van der Waals surface area (Å²) >= 11 is 0. The number of hydrogen-bond donors (Lipinski definition) is 4. The first-order valence-electron chi connectivity index (χ1n) is 15.3. The molecule has 0 fully saturated rings. The van der Waals surface area contributed by atoms with Gasteiger partial charge in [0.15, 0.2) is 11.6 Å². The minimum absolute atomic E-state index is 0.0208. The van der Waals surface area contributed by atoms with E-state index >= 15 is 0 Å². The van der Waals surface area contributed by atoms with Crippen molar-refractivity contribution in [1.82, 2.24) is 0 Å². The first-order valence-corrected chi connectivity index (χ1v) is 15.3. The molecule has 0 spiro atoms. The second-order valence-corrected chi connectivity index (χ2v) is 16.0. The van der Waals surface area contributed by atoms with E-state index in [4.69, 9.17) is 0 Å². The van der Waals surface area contributed by atoms with E-state index in [2.05, 4.69) is 106 Å². The lowest BCUT2D eigenvalue weighted by atomic mass is 9.79. The maximum atomic E-state index is 11.2. The number of allylic oxidation sites excluding steroid dienone is 4. The van der Waals surface area contributed by atoms with E-state index in [-0.39, 0.29) is 44.7 Å². The Kier molecular flexibility index (Phi) is 12.3. The molecule has 0 unspecified atom stereocenters. The molecule has 44 heavy (non-hydrogen) atoms. The molecular formula is C38H58N2O4. The number of carbonyl (C=O) groups is 2. The third kappa shape index (κ3) is 11.5. The van der Waals surface area contributed by atoms with Gasteiger partial charge in [0.05, 0.1) is 11.4 Å².